The van der Waals surface area contributed by atoms with Crippen LogP contribution in [0.3, 0.4) is 0 Å². The van der Waals surface area contributed by atoms with Gasteiger partial charge in [0.15, 0.2) is 9.84 Å². The van der Waals surface area contributed by atoms with Gasteiger partial charge >= 0.3 is 0 Å². The first-order chi connectivity index (χ1) is 6.97. The molecule has 0 amide bonds. The molecule has 1 aromatic carbocycles. The Hall–Kier alpha value is -0.900. The topological polar surface area (TPSA) is 34.1 Å². The van der Waals surface area contributed by atoms with E-state index >= 15 is 0 Å². The Labute approximate surface area is 90.0 Å². The highest BCUT2D eigenvalue weighted by molar-refractivity contribution is 7.91. The normalized spacial score (nSPS) is 13.8. The molecule has 0 saturated carbocycles. The molecule has 15 heavy (non-hydrogen) atoms. The summed E-state index contributed by atoms with van der Waals surface area (Å²) in [5.41, 5.74) is 0. The highest BCUT2D eigenvalue weighted by Gasteiger charge is 2.20. The number of sulfone groups is 1. The van der Waals surface area contributed by atoms with E-state index in [-0.39, 0.29) is 16.6 Å². The number of rotatable bonds is 4. The van der Waals surface area contributed by atoms with Gasteiger partial charge in [-0.1, -0.05) is 32.4 Å². The van der Waals surface area contributed by atoms with Crippen LogP contribution in [0.5, 0.6) is 0 Å². The maximum Gasteiger partial charge on any atom is 0.181 e. The van der Waals surface area contributed by atoms with E-state index in [2.05, 4.69) is 0 Å². The molecular formula is C11H15FO2S. The molecule has 1 unspecified atom stereocenters. The van der Waals surface area contributed by atoms with E-state index in [4.69, 9.17) is 0 Å². The lowest BCUT2D eigenvalue weighted by molar-refractivity contribution is 0.548. The van der Waals surface area contributed by atoms with Gasteiger partial charge in [-0.05, 0) is 18.1 Å². The molecule has 0 radical (unpaired) electrons. The van der Waals surface area contributed by atoms with Gasteiger partial charge in [0.1, 0.15) is 10.7 Å². The molecule has 0 aromatic heterocycles. The van der Waals surface area contributed by atoms with E-state index in [9.17, 15) is 12.8 Å². The van der Waals surface area contributed by atoms with E-state index in [1.54, 1.807) is 0 Å². The van der Waals surface area contributed by atoms with Crippen molar-refractivity contribution in [1.82, 2.24) is 0 Å². The summed E-state index contributed by atoms with van der Waals surface area (Å²) < 4.78 is 36.8. The predicted molar refractivity (Wildman–Crippen MR) is 57.9 cm³/mol. The molecule has 0 aliphatic carbocycles. The average Bonchev–Trinajstić information content (AvgIpc) is 2.17. The van der Waals surface area contributed by atoms with Crippen molar-refractivity contribution < 1.29 is 12.8 Å². The first kappa shape index (κ1) is 12.2. The van der Waals surface area contributed by atoms with Gasteiger partial charge in [0.25, 0.3) is 0 Å². The Morgan fingerprint density at radius 1 is 1.33 bits per heavy atom. The van der Waals surface area contributed by atoms with Crippen LogP contribution in [0, 0.1) is 11.7 Å². The fraction of sp³-hybridized carbons (Fsp3) is 0.455. The number of benzene rings is 1. The Morgan fingerprint density at radius 3 is 2.47 bits per heavy atom. The Balaban J connectivity index is 3.02. The molecule has 1 rings (SSSR count). The molecule has 2 nitrogen and oxygen atoms in total. The van der Waals surface area contributed by atoms with Crippen LogP contribution in [0.1, 0.15) is 20.3 Å². The van der Waals surface area contributed by atoms with Gasteiger partial charge in [0, 0.05) is 0 Å². The summed E-state index contributed by atoms with van der Waals surface area (Å²) in [5, 5.41) is 0. The quantitative estimate of drug-likeness (QED) is 0.796. The van der Waals surface area contributed by atoms with Crippen LogP contribution in [0.2, 0.25) is 0 Å². The molecule has 0 heterocycles. The summed E-state index contributed by atoms with van der Waals surface area (Å²) in [6.07, 6.45) is 0.772. The first-order valence-electron chi connectivity index (χ1n) is 4.94. The molecule has 0 fully saturated rings. The molecule has 1 atom stereocenters. The minimum absolute atomic E-state index is 0.00440. The van der Waals surface area contributed by atoms with Crippen LogP contribution >= 0.6 is 0 Å². The SMILES string of the molecule is CCC(C)CS(=O)(=O)c1ccccc1F. The molecule has 0 aliphatic heterocycles. The van der Waals surface area contributed by atoms with Gasteiger partial charge in [-0.15, -0.1) is 0 Å². The van der Waals surface area contributed by atoms with Crippen LogP contribution in [0.25, 0.3) is 0 Å². The molecular weight excluding hydrogens is 215 g/mol. The molecule has 0 saturated heterocycles. The third kappa shape index (κ3) is 3.02. The van der Waals surface area contributed by atoms with Crippen molar-refractivity contribution in [3.8, 4) is 0 Å². The maximum absolute atomic E-state index is 13.3. The van der Waals surface area contributed by atoms with Crippen LogP contribution in [0.15, 0.2) is 29.2 Å². The van der Waals surface area contributed by atoms with Crippen molar-refractivity contribution >= 4 is 9.84 Å². The van der Waals surface area contributed by atoms with Gasteiger partial charge in [0.05, 0.1) is 5.75 Å². The lowest BCUT2D eigenvalue weighted by Gasteiger charge is -2.09. The Bertz CT molecular complexity index is 426. The van der Waals surface area contributed by atoms with Gasteiger partial charge in [-0.2, -0.15) is 0 Å². The highest BCUT2D eigenvalue weighted by Crippen LogP contribution is 2.18. The second-order valence-electron chi connectivity index (χ2n) is 3.73. The zero-order valence-electron chi connectivity index (χ0n) is 8.90. The van der Waals surface area contributed by atoms with Crippen molar-refractivity contribution in [2.45, 2.75) is 25.2 Å². The largest absolute Gasteiger partial charge is 0.224 e. The predicted octanol–water partition coefficient (Wildman–Crippen LogP) is 2.65. The summed E-state index contributed by atoms with van der Waals surface area (Å²) >= 11 is 0. The van der Waals surface area contributed by atoms with Crippen LogP contribution in [-0.2, 0) is 9.84 Å². The zero-order valence-corrected chi connectivity index (χ0v) is 9.72. The van der Waals surface area contributed by atoms with Crippen LogP contribution in [0.4, 0.5) is 4.39 Å². The molecule has 4 heteroatoms. The van der Waals surface area contributed by atoms with Crippen molar-refractivity contribution in [2.75, 3.05) is 5.75 Å². The third-order valence-electron chi connectivity index (χ3n) is 2.37. The summed E-state index contributed by atoms with van der Waals surface area (Å²) in [5.74, 6) is -0.611. The second kappa shape index (κ2) is 4.75. The van der Waals surface area contributed by atoms with Crippen molar-refractivity contribution in [1.29, 1.82) is 0 Å². The van der Waals surface area contributed by atoms with Gasteiger partial charge < -0.3 is 0 Å². The summed E-state index contributed by atoms with van der Waals surface area (Å²) in [6, 6.07) is 5.50. The molecule has 0 bridgehead atoms. The van der Waals surface area contributed by atoms with E-state index in [1.807, 2.05) is 13.8 Å². The van der Waals surface area contributed by atoms with Gasteiger partial charge in [-0.3, -0.25) is 0 Å². The Kier molecular flexibility index (Phi) is 3.85. The standard InChI is InChI=1S/C11H15FO2S/c1-3-9(2)8-15(13,14)11-7-5-4-6-10(11)12/h4-7,9H,3,8H2,1-2H3. The first-order valence-corrected chi connectivity index (χ1v) is 6.60. The van der Waals surface area contributed by atoms with Crippen molar-refractivity contribution in [2.24, 2.45) is 5.92 Å². The van der Waals surface area contributed by atoms with E-state index in [0.29, 0.717) is 0 Å². The monoisotopic (exact) mass is 230 g/mol. The summed E-state index contributed by atoms with van der Waals surface area (Å²) in [4.78, 5) is -0.190. The fourth-order valence-electron chi connectivity index (χ4n) is 1.28. The van der Waals surface area contributed by atoms with Crippen molar-refractivity contribution in [3.05, 3.63) is 30.1 Å². The summed E-state index contributed by atoms with van der Waals surface area (Å²) in [6.45, 7) is 3.76. The smallest absolute Gasteiger partial charge is 0.181 e. The lowest BCUT2D eigenvalue weighted by Crippen LogP contribution is -2.14. The molecule has 0 N–H and O–H groups in total. The number of hydrogen-bond donors (Lipinski definition) is 0. The minimum Gasteiger partial charge on any atom is -0.224 e. The zero-order chi connectivity index (χ0) is 11.5. The van der Waals surface area contributed by atoms with Crippen LogP contribution < -0.4 is 0 Å². The van der Waals surface area contributed by atoms with Crippen molar-refractivity contribution in [3.63, 3.8) is 0 Å². The van der Waals surface area contributed by atoms with Gasteiger partial charge in [-0.25, -0.2) is 12.8 Å². The lowest BCUT2D eigenvalue weighted by atomic mass is 10.2. The average molecular weight is 230 g/mol. The molecule has 0 aliphatic rings. The second-order valence-corrected chi connectivity index (χ2v) is 5.73. The van der Waals surface area contributed by atoms with Gasteiger partial charge in [0.2, 0.25) is 0 Å². The number of hydrogen-bond acceptors (Lipinski definition) is 2. The van der Waals surface area contributed by atoms with E-state index in [0.717, 1.165) is 6.42 Å². The van der Waals surface area contributed by atoms with Crippen LogP contribution in [-0.4, -0.2) is 14.2 Å². The third-order valence-corrected chi connectivity index (χ3v) is 4.38. The Morgan fingerprint density at radius 2 is 1.93 bits per heavy atom. The van der Waals surface area contributed by atoms with E-state index < -0.39 is 15.7 Å². The fourth-order valence-corrected chi connectivity index (χ4v) is 3.09. The maximum atomic E-state index is 13.3. The number of halogens is 1. The highest BCUT2D eigenvalue weighted by atomic mass is 32.2. The molecule has 84 valence electrons. The van der Waals surface area contributed by atoms with E-state index in [1.165, 1.54) is 24.3 Å². The minimum atomic E-state index is -3.48. The molecule has 1 aromatic rings. The molecule has 0 spiro atoms. The summed E-state index contributed by atoms with van der Waals surface area (Å²) in [7, 11) is -3.48.